The molecular formula is C22H30N2O6S. The summed E-state index contributed by atoms with van der Waals surface area (Å²) in [5.41, 5.74) is 1.48. The molecule has 0 radical (unpaired) electrons. The molecule has 9 heteroatoms. The number of hydrogen-bond acceptors (Lipinski definition) is 6. The molecule has 0 spiro atoms. The number of amides is 1. The highest BCUT2D eigenvalue weighted by Crippen LogP contribution is 2.33. The number of carbonyl (C=O) groups is 1. The van der Waals surface area contributed by atoms with E-state index in [0.29, 0.717) is 43.4 Å². The molecule has 170 valence electrons. The fourth-order valence-electron chi connectivity index (χ4n) is 2.95. The quantitative estimate of drug-likeness (QED) is 0.472. The van der Waals surface area contributed by atoms with E-state index in [1.807, 2.05) is 30.3 Å². The van der Waals surface area contributed by atoms with Gasteiger partial charge < -0.3 is 19.5 Å². The molecular weight excluding hydrogens is 420 g/mol. The van der Waals surface area contributed by atoms with Gasteiger partial charge in [-0.25, -0.2) is 8.42 Å². The standard InChI is InChI=1S/C22H30N2O6S/c1-28-19-11-12-20(21(16-19)29-2)24(31(3,26)27)14-7-10-22(25)23-13-15-30-17-18-8-5-4-6-9-18/h4-6,8-9,11-12,16H,7,10,13-15,17H2,1-3H3,(H,23,25). The maximum absolute atomic E-state index is 12.3. The summed E-state index contributed by atoms with van der Waals surface area (Å²) in [5.74, 6) is 0.783. The first kappa shape index (κ1) is 24.5. The van der Waals surface area contributed by atoms with Gasteiger partial charge in [0.1, 0.15) is 11.5 Å². The van der Waals surface area contributed by atoms with Crippen molar-refractivity contribution < 1.29 is 27.4 Å². The Morgan fingerprint density at radius 2 is 1.81 bits per heavy atom. The highest BCUT2D eigenvalue weighted by molar-refractivity contribution is 7.92. The first-order valence-electron chi connectivity index (χ1n) is 9.93. The molecule has 2 aromatic carbocycles. The van der Waals surface area contributed by atoms with E-state index in [9.17, 15) is 13.2 Å². The predicted octanol–water partition coefficient (Wildman–Crippen LogP) is 2.58. The predicted molar refractivity (Wildman–Crippen MR) is 120 cm³/mol. The van der Waals surface area contributed by atoms with Crippen LogP contribution in [0.25, 0.3) is 0 Å². The Kier molecular flexibility index (Phi) is 9.61. The molecule has 1 amide bonds. The van der Waals surface area contributed by atoms with Crippen molar-refractivity contribution >= 4 is 21.6 Å². The van der Waals surface area contributed by atoms with Crippen molar-refractivity contribution in [2.45, 2.75) is 19.4 Å². The number of hydrogen-bond donors (Lipinski definition) is 1. The Labute approximate surface area is 184 Å². The number of rotatable bonds is 13. The first-order valence-corrected chi connectivity index (χ1v) is 11.8. The van der Waals surface area contributed by atoms with Crippen molar-refractivity contribution in [1.82, 2.24) is 5.32 Å². The highest BCUT2D eigenvalue weighted by atomic mass is 32.2. The third-order valence-corrected chi connectivity index (χ3v) is 5.68. The lowest BCUT2D eigenvalue weighted by atomic mass is 10.2. The summed E-state index contributed by atoms with van der Waals surface area (Å²) in [4.78, 5) is 12.1. The van der Waals surface area contributed by atoms with Crippen molar-refractivity contribution in [1.29, 1.82) is 0 Å². The minimum Gasteiger partial charge on any atom is -0.497 e. The molecule has 0 atom stereocenters. The lowest BCUT2D eigenvalue weighted by molar-refractivity contribution is -0.121. The Morgan fingerprint density at radius 3 is 2.45 bits per heavy atom. The molecule has 0 aliphatic heterocycles. The Hall–Kier alpha value is -2.78. The van der Waals surface area contributed by atoms with Crippen LogP contribution in [0.5, 0.6) is 11.5 Å². The van der Waals surface area contributed by atoms with E-state index in [1.165, 1.54) is 18.5 Å². The van der Waals surface area contributed by atoms with Gasteiger partial charge in [0.05, 0.1) is 39.4 Å². The van der Waals surface area contributed by atoms with E-state index in [-0.39, 0.29) is 18.9 Å². The van der Waals surface area contributed by atoms with Crippen LogP contribution in [-0.2, 0) is 26.2 Å². The van der Waals surface area contributed by atoms with Crippen LogP contribution in [0.1, 0.15) is 18.4 Å². The van der Waals surface area contributed by atoms with Gasteiger partial charge in [-0.05, 0) is 24.1 Å². The van der Waals surface area contributed by atoms with Gasteiger partial charge in [-0.1, -0.05) is 30.3 Å². The van der Waals surface area contributed by atoms with Gasteiger partial charge in [-0.2, -0.15) is 0 Å². The van der Waals surface area contributed by atoms with Gasteiger partial charge in [0, 0.05) is 25.6 Å². The van der Waals surface area contributed by atoms with Crippen LogP contribution in [0, 0.1) is 0 Å². The summed E-state index contributed by atoms with van der Waals surface area (Å²) in [7, 11) is -0.572. The Bertz CT molecular complexity index is 934. The van der Waals surface area contributed by atoms with Crippen molar-refractivity contribution in [3.63, 3.8) is 0 Å². The van der Waals surface area contributed by atoms with Crippen LogP contribution in [0.3, 0.4) is 0 Å². The normalized spacial score (nSPS) is 11.1. The number of ether oxygens (including phenoxy) is 3. The smallest absolute Gasteiger partial charge is 0.232 e. The van der Waals surface area contributed by atoms with Gasteiger partial charge in [-0.15, -0.1) is 0 Å². The van der Waals surface area contributed by atoms with Gasteiger partial charge >= 0.3 is 0 Å². The van der Waals surface area contributed by atoms with Crippen LogP contribution < -0.4 is 19.1 Å². The van der Waals surface area contributed by atoms with E-state index in [0.717, 1.165) is 11.8 Å². The second-order valence-corrected chi connectivity index (χ2v) is 8.77. The molecule has 0 unspecified atom stereocenters. The fraction of sp³-hybridized carbons (Fsp3) is 0.409. The monoisotopic (exact) mass is 450 g/mol. The van der Waals surface area contributed by atoms with Crippen molar-refractivity contribution in [2.75, 3.05) is 44.5 Å². The molecule has 0 heterocycles. The maximum Gasteiger partial charge on any atom is 0.232 e. The van der Waals surface area contributed by atoms with E-state index in [4.69, 9.17) is 14.2 Å². The van der Waals surface area contributed by atoms with Crippen LogP contribution in [0.4, 0.5) is 5.69 Å². The number of anilines is 1. The average molecular weight is 451 g/mol. The van der Waals surface area contributed by atoms with E-state index >= 15 is 0 Å². The third-order valence-electron chi connectivity index (χ3n) is 4.50. The zero-order chi connectivity index (χ0) is 22.7. The van der Waals surface area contributed by atoms with Gasteiger partial charge in [0.15, 0.2) is 0 Å². The molecule has 31 heavy (non-hydrogen) atoms. The minimum absolute atomic E-state index is 0.152. The van der Waals surface area contributed by atoms with Crippen LogP contribution in [-0.4, -0.2) is 54.5 Å². The summed E-state index contributed by atoms with van der Waals surface area (Å²) >= 11 is 0. The van der Waals surface area contributed by atoms with Crippen molar-refractivity contribution in [3.05, 3.63) is 54.1 Å². The SMILES string of the molecule is COc1ccc(N(CCCC(=O)NCCOCc2ccccc2)S(C)(=O)=O)c(OC)c1. The number of benzene rings is 2. The molecule has 8 nitrogen and oxygen atoms in total. The number of carbonyl (C=O) groups excluding carboxylic acids is 1. The summed E-state index contributed by atoms with van der Waals surface area (Å²) in [6.45, 7) is 1.44. The lowest BCUT2D eigenvalue weighted by Gasteiger charge is -2.24. The second-order valence-electron chi connectivity index (χ2n) is 6.86. The molecule has 0 saturated heterocycles. The Balaban J connectivity index is 1.80. The van der Waals surface area contributed by atoms with Crippen molar-refractivity contribution in [2.24, 2.45) is 0 Å². The minimum atomic E-state index is -3.56. The first-order chi connectivity index (χ1) is 14.8. The van der Waals surface area contributed by atoms with Crippen LogP contribution in [0.2, 0.25) is 0 Å². The van der Waals surface area contributed by atoms with Gasteiger partial charge in [0.25, 0.3) is 0 Å². The largest absolute Gasteiger partial charge is 0.497 e. The number of sulfonamides is 1. The zero-order valence-corrected chi connectivity index (χ0v) is 19.0. The molecule has 0 fully saturated rings. The summed E-state index contributed by atoms with van der Waals surface area (Å²) in [5, 5.41) is 2.79. The molecule has 1 N–H and O–H groups in total. The van der Waals surface area contributed by atoms with E-state index in [1.54, 1.807) is 18.2 Å². The van der Waals surface area contributed by atoms with Crippen molar-refractivity contribution in [3.8, 4) is 11.5 Å². The lowest BCUT2D eigenvalue weighted by Crippen LogP contribution is -2.33. The molecule has 0 aliphatic carbocycles. The number of nitrogens with zero attached hydrogens (tertiary/aromatic N) is 1. The zero-order valence-electron chi connectivity index (χ0n) is 18.2. The number of methoxy groups -OCH3 is 2. The van der Waals surface area contributed by atoms with Gasteiger partial charge in [0.2, 0.25) is 15.9 Å². The molecule has 0 aromatic heterocycles. The van der Waals surface area contributed by atoms with E-state index < -0.39 is 10.0 Å². The highest BCUT2D eigenvalue weighted by Gasteiger charge is 2.21. The third kappa shape index (κ3) is 8.10. The molecule has 2 aromatic rings. The second kappa shape index (κ2) is 12.2. The maximum atomic E-state index is 12.3. The fourth-order valence-corrected chi connectivity index (χ4v) is 3.92. The Morgan fingerprint density at radius 1 is 1.06 bits per heavy atom. The summed E-state index contributed by atoms with van der Waals surface area (Å²) < 4.78 is 41.9. The molecule has 0 aliphatic rings. The molecule has 0 saturated carbocycles. The average Bonchev–Trinajstić information content (AvgIpc) is 2.76. The van der Waals surface area contributed by atoms with Crippen LogP contribution in [0.15, 0.2) is 48.5 Å². The van der Waals surface area contributed by atoms with Gasteiger partial charge in [-0.3, -0.25) is 9.10 Å². The summed E-state index contributed by atoms with van der Waals surface area (Å²) in [6, 6.07) is 14.7. The topological polar surface area (TPSA) is 94.2 Å². The molecule has 0 bridgehead atoms. The summed E-state index contributed by atoms with van der Waals surface area (Å²) in [6.07, 6.45) is 1.68. The molecule has 2 rings (SSSR count). The van der Waals surface area contributed by atoms with Crippen LogP contribution >= 0.6 is 0 Å². The number of nitrogens with one attached hydrogen (secondary N) is 1. The van der Waals surface area contributed by atoms with E-state index in [2.05, 4.69) is 5.32 Å².